The zero-order valence-corrected chi connectivity index (χ0v) is 16.4. The highest BCUT2D eigenvalue weighted by atomic mass is 32.2. The zero-order chi connectivity index (χ0) is 18.4. The maximum atomic E-state index is 12.4. The van der Waals surface area contributed by atoms with Crippen LogP contribution in [0.25, 0.3) is 0 Å². The Labute approximate surface area is 154 Å². The number of anilines is 1. The summed E-state index contributed by atoms with van der Waals surface area (Å²) in [6, 6.07) is -0.251. The highest BCUT2D eigenvalue weighted by Crippen LogP contribution is 2.26. The standard InChI is InChI=1S/C13H20N4O5S3/c1-3-17(9-5-6-25(20,21)8-9)10(18)7-23-13-16-15-11(24-13)14-12(19)22-4-2/h9H,3-8H2,1-2H3,(H,14,15,19). The first kappa shape index (κ1) is 19.9. The molecule has 2 amide bonds. The van der Waals surface area contributed by atoms with Crippen molar-refractivity contribution in [3.8, 4) is 0 Å². The number of carbonyl (C=O) groups is 2. The van der Waals surface area contributed by atoms with Crippen molar-refractivity contribution in [2.24, 2.45) is 0 Å². The predicted octanol–water partition coefficient (Wildman–Crippen LogP) is 1.23. The molecule has 1 N–H and O–H groups in total. The molecular formula is C13H20N4O5S3. The summed E-state index contributed by atoms with van der Waals surface area (Å²) >= 11 is 2.35. The Morgan fingerprint density at radius 1 is 1.40 bits per heavy atom. The van der Waals surface area contributed by atoms with Gasteiger partial charge in [0.2, 0.25) is 11.0 Å². The monoisotopic (exact) mass is 408 g/mol. The van der Waals surface area contributed by atoms with Gasteiger partial charge in [-0.1, -0.05) is 23.1 Å². The molecule has 0 radical (unpaired) electrons. The molecule has 1 aliphatic heterocycles. The van der Waals surface area contributed by atoms with Crippen LogP contribution in [0.3, 0.4) is 0 Å². The van der Waals surface area contributed by atoms with E-state index in [1.807, 2.05) is 6.92 Å². The third-order valence-electron chi connectivity index (χ3n) is 3.52. The third-order valence-corrected chi connectivity index (χ3v) is 7.23. The maximum Gasteiger partial charge on any atom is 0.413 e. The summed E-state index contributed by atoms with van der Waals surface area (Å²) in [5.41, 5.74) is 0. The van der Waals surface area contributed by atoms with E-state index in [4.69, 9.17) is 4.74 Å². The van der Waals surface area contributed by atoms with Crippen molar-refractivity contribution in [2.75, 3.05) is 35.7 Å². The molecule has 25 heavy (non-hydrogen) atoms. The minimum Gasteiger partial charge on any atom is -0.450 e. The fourth-order valence-corrected chi connectivity index (χ4v) is 5.79. The van der Waals surface area contributed by atoms with Gasteiger partial charge in [-0.05, 0) is 20.3 Å². The van der Waals surface area contributed by atoms with Crippen molar-refractivity contribution >= 4 is 50.1 Å². The normalized spacial score (nSPS) is 18.7. The van der Waals surface area contributed by atoms with Crippen LogP contribution in [-0.2, 0) is 19.4 Å². The highest BCUT2D eigenvalue weighted by Gasteiger charge is 2.33. The molecule has 0 saturated carbocycles. The lowest BCUT2D eigenvalue weighted by molar-refractivity contribution is -0.129. The third kappa shape index (κ3) is 5.82. The number of nitrogens with zero attached hydrogens (tertiary/aromatic N) is 3. The van der Waals surface area contributed by atoms with Gasteiger partial charge in [0.05, 0.1) is 23.9 Å². The molecule has 1 fully saturated rings. The van der Waals surface area contributed by atoms with Crippen LogP contribution in [0, 0.1) is 0 Å². The number of sulfone groups is 1. The van der Waals surface area contributed by atoms with Gasteiger partial charge < -0.3 is 9.64 Å². The number of nitrogens with one attached hydrogen (secondary N) is 1. The molecule has 12 heteroatoms. The van der Waals surface area contributed by atoms with E-state index >= 15 is 0 Å². The molecule has 2 rings (SSSR count). The van der Waals surface area contributed by atoms with Crippen LogP contribution >= 0.6 is 23.1 Å². The number of aromatic nitrogens is 2. The van der Waals surface area contributed by atoms with E-state index in [0.717, 1.165) is 11.3 Å². The van der Waals surface area contributed by atoms with Crippen molar-refractivity contribution < 1.29 is 22.7 Å². The van der Waals surface area contributed by atoms with Gasteiger partial charge in [0.1, 0.15) is 0 Å². The number of hydrogen-bond donors (Lipinski definition) is 1. The molecule has 9 nitrogen and oxygen atoms in total. The molecule has 0 aliphatic carbocycles. The van der Waals surface area contributed by atoms with Crippen LogP contribution in [0.2, 0.25) is 0 Å². The van der Waals surface area contributed by atoms with Gasteiger partial charge in [-0.2, -0.15) is 0 Å². The molecule has 0 bridgehead atoms. The van der Waals surface area contributed by atoms with Gasteiger partial charge in [-0.15, -0.1) is 10.2 Å². The van der Waals surface area contributed by atoms with E-state index in [0.29, 0.717) is 22.4 Å². The van der Waals surface area contributed by atoms with Gasteiger partial charge in [0.15, 0.2) is 14.2 Å². The Morgan fingerprint density at radius 3 is 2.76 bits per heavy atom. The number of rotatable bonds is 7. The van der Waals surface area contributed by atoms with E-state index in [1.54, 1.807) is 11.8 Å². The molecule has 2 heterocycles. The Morgan fingerprint density at radius 2 is 2.16 bits per heavy atom. The average Bonchev–Trinajstić information content (AvgIpc) is 3.12. The van der Waals surface area contributed by atoms with Crippen LogP contribution in [-0.4, -0.2) is 72.0 Å². The molecule has 1 aromatic heterocycles. The zero-order valence-electron chi connectivity index (χ0n) is 13.9. The summed E-state index contributed by atoms with van der Waals surface area (Å²) < 4.78 is 28.5. The number of hydrogen-bond acceptors (Lipinski definition) is 9. The molecule has 1 aromatic rings. The van der Waals surface area contributed by atoms with E-state index in [2.05, 4.69) is 15.5 Å². The van der Waals surface area contributed by atoms with E-state index in [-0.39, 0.29) is 35.8 Å². The molecule has 1 atom stereocenters. The van der Waals surface area contributed by atoms with Crippen molar-refractivity contribution in [1.82, 2.24) is 15.1 Å². The fourth-order valence-electron chi connectivity index (χ4n) is 2.44. The molecule has 0 spiro atoms. The first-order chi connectivity index (χ1) is 11.8. The van der Waals surface area contributed by atoms with Crippen LogP contribution < -0.4 is 5.32 Å². The largest absolute Gasteiger partial charge is 0.450 e. The smallest absolute Gasteiger partial charge is 0.413 e. The molecule has 1 aliphatic rings. The predicted molar refractivity (Wildman–Crippen MR) is 95.7 cm³/mol. The summed E-state index contributed by atoms with van der Waals surface area (Å²) in [4.78, 5) is 25.3. The summed E-state index contributed by atoms with van der Waals surface area (Å²) in [5, 5.41) is 10.5. The van der Waals surface area contributed by atoms with Crippen molar-refractivity contribution in [2.45, 2.75) is 30.6 Å². The lowest BCUT2D eigenvalue weighted by Gasteiger charge is -2.26. The first-order valence-corrected chi connectivity index (χ1v) is 11.4. The quantitative estimate of drug-likeness (QED) is 0.529. The van der Waals surface area contributed by atoms with Crippen LogP contribution in [0.5, 0.6) is 0 Å². The van der Waals surface area contributed by atoms with Crippen LogP contribution in [0.15, 0.2) is 4.34 Å². The van der Waals surface area contributed by atoms with Gasteiger partial charge in [-0.3, -0.25) is 10.1 Å². The van der Waals surface area contributed by atoms with Crippen molar-refractivity contribution in [3.05, 3.63) is 0 Å². The second-order valence-corrected chi connectivity index (χ2v) is 9.67. The molecule has 140 valence electrons. The summed E-state index contributed by atoms with van der Waals surface area (Å²) in [6.45, 7) is 4.25. The second-order valence-electron chi connectivity index (χ2n) is 5.24. The van der Waals surface area contributed by atoms with E-state index < -0.39 is 15.9 Å². The first-order valence-electron chi connectivity index (χ1n) is 7.74. The minimum atomic E-state index is -3.04. The van der Waals surface area contributed by atoms with Gasteiger partial charge in [-0.25, -0.2) is 13.2 Å². The van der Waals surface area contributed by atoms with Crippen molar-refractivity contribution in [1.29, 1.82) is 0 Å². The topological polar surface area (TPSA) is 119 Å². The summed E-state index contributed by atoms with van der Waals surface area (Å²) in [6.07, 6.45) is -0.121. The van der Waals surface area contributed by atoms with Gasteiger partial charge in [0.25, 0.3) is 0 Å². The number of ether oxygens (including phenoxy) is 1. The lowest BCUT2D eigenvalue weighted by Crippen LogP contribution is -2.41. The highest BCUT2D eigenvalue weighted by molar-refractivity contribution is 8.01. The Balaban J connectivity index is 1.86. The van der Waals surface area contributed by atoms with E-state index in [9.17, 15) is 18.0 Å². The SMILES string of the molecule is CCOC(=O)Nc1nnc(SCC(=O)N(CC)C2CCS(=O)(=O)C2)s1. The number of carbonyl (C=O) groups excluding carboxylic acids is 2. The number of amides is 2. The minimum absolute atomic E-state index is 0.0314. The Kier molecular flexibility index (Phi) is 7.02. The molecule has 1 saturated heterocycles. The van der Waals surface area contributed by atoms with Crippen LogP contribution in [0.4, 0.5) is 9.93 Å². The molecular weight excluding hydrogens is 388 g/mol. The van der Waals surface area contributed by atoms with Gasteiger partial charge in [0, 0.05) is 12.6 Å². The maximum absolute atomic E-state index is 12.4. The fraction of sp³-hybridized carbons (Fsp3) is 0.692. The lowest BCUT2D eigenvalue weighted by atomic mass is 10.2. The van der Waals surface area contributed by atoms with E-state index in [1.165, 1.54) is 11.8 Å². The average molecular weight is 409 g/mol. The van der Waals surface area contributed by atoms with Crippen molar-refractivity contribution in [3.63, 3.8) is 0 Å². The second kappa shape index (κ2) is 8.81. The summed E-state index contributed by atoms with van der Waals surface area (Å²) in [7, 11) is -3.04. The summed E-state index contributed by atoms with van der Waals surface area (Å²) in [5.74, 6) is 0.167. The molecule has 1 unspecified atom stereocenters. The Bertz CT molecular complexity index is 721. The number of thioether (sulfide) groups is 1. The van der Waals surface area contributed by atoms with Crippen LogP contribution in [0.1, 0.15) is 20.3 Å². The Hall–Kier alpha value is -1.40. The van der Waals surface area contributed by atoms with Gasteiger partial charge >= 0.3 is 6.09 Å². The molecule has 0 aromatic carbocycles.